The fourth-order valence-corrected chi connectivity index (χ4v) is 2.82. The number of hydrogen-bond donors (Lipinski definition) is 3. The van der Waals surface area contributed by atoms with E-state index >= 15 is 0 Å². The molecule has 0 saturated heterocycles. The number of fused-ring (bicyclic) bond motifs is 1. The highest BCUT2D eigenvalue weighted by Crippen LogP contribution is 2.23. The zero-order valence-electron chi connectivity index (χ0n) is 13.0. The molecule has 0 fully saturated rings. The van der Waals surface area contributed by atoms with Crippen LogP contribution in [0.2, 0.25) is 0 Å². The third-order valence-corrected chi connectivity index (χ3v) is 4.11. The molecule has 2 aromatic rings. The normalized spacial score (nSPS) is 14.3. The van der Waals surface area contributed by atoms with Crippen molar-refractivity contribution in [2.75, 3.05) is 13.2 Å². The first kappa shape index (κ1) is 17.2. The van der Waals surface area contributed by atoms with Crippen LogP contribution < -0.4 is 0 Å². The standard InChI is InChI=1S/C11H8O2.C8H14O2/c12-11(13)10-7-3-5-8-4-1-2-6-9(8)10;9-5-7-3-1-2-4-8(7)6-10/h1-7H,(H,12,13);9-10H,1-6H2. The van der Waals surface area contributed by atoms with E-state index in [2.05, 4.69) is 0 Å². The van der Waals surface area contributed by atoms with Crippen molar-refractivity contribution in [2.24, 2.45) is 0 Å². The number of aliphatic hydroxyl groups is 2. The highest BCUT2D eigenvalue weighted by molar-refractivity contribution is 6.03. The summed E-state index contributed by atoms with van der Waals surface area (Å²) in [5.41, 5.74) is 2.49. The lowest BCUT2D eigenvalue weighted by Gasteiger charge is -2.16. The molecule has 2 aromatic carbocycles. The molecule has 3 N–H and O–H groups in total. The summed E-state index contributed by atoms with van der Waals surface area (Å²) >= 11 is 0. The summed E-state index contributed by atoms with van der Waals surface area (Å²) in [6, 6.07) is 12.7. The summed E-state index contributed by atoms with van der Waals surface area (Å²) in [5, 5.41) is 28.3. The van der Waals surface area contributed by atoms with Crippen LogP contribution in [0.25, 0.3) is 10.8 Å². The fraction of sp³-hybridized carbons (Fsp3) is 0.316. The number of benzene rings is 2. The topological polar surface area (TPSA) is 77.8 Å². The first-order valence-electron chi connectivity index (χ1n) is 7.80. The van der Waals surface area contributed by atoms with Gasteiger partial charge >= 0.3 is 5.97 Å². The molecule has 0 aromatic heterocycles. The molecule has 0 aliphatic heterocycles. The first-order valence-corrected chi connectivity index (χ1v) is 7.80. The molecule has 4 nitrogen and oxygen atoms in total. The number of carboxylic acid groups (broad SMARTS) is 1. The predicted molar refractivity (Wildman–Crippen MR) is 90.6 cm³/mol. The minimum absolute atomic E-state index is 0.135. The molecule has 0 heterocycles. The Morgan fingerprint density at radius 1 is 0.870 bits per heavy atom. The van der Waals surface area contributed by atoms with Gasteiger partial charge in [0.05, 0.1) is 18.8 Å². The maximum atomic E-state index is 10.8. The van der Waals surface area contributed by atoms with E-state index < -0.39 is 5.97 Å². The second kappa shape index (κ2) is 8.46. The summed E-state index contributed by atoms with van der Waals surface area (Å²) < 4.78 is 0. The number of aliphatic hydroxyl groups excluding tert-OH is 2. The quantitative estimate of drug-likeness (QED) is 0.759. The molecule has 0 radical (unpaired) electrons. The van der Waals surface area contributed by atoms with Crippen LogP contribution in [0.3, 0.4) is 0 Å². The van der Waals surface area contributed by atoms with Gasteiger partial charge in [0.25, 0.3) is 0 Å². The lowest BCUT2D eigenvalue weighted by atomic mass is 9.93. The fourth-order valence-electron chi connectivity index (χ4n) is 2.82. The SMILES string of the molecule is O=C(O)c1cccc2ccccc12.OCC1=C(CO)CCCC1. The molecular weight excluding hydrogens is 292 g/mol. The Balaban J connectivity index is 0.000000174. The van der Waals surface area contributed by atoms with Crippen LogP contribution in [-0.2, 0) is 0 Å². The van der Waals surface area contributed by atoms with Crippen molar-refractivity contribution in [1.29, 1.82) is 0 Å². The van der Waals surface area contributed by atoms with Crippen LogP contribution in [0.15, 0.2) is 53.6 Å². The molecule has 23 heavy (non-hydrogen) atoms. The molecule has 4 heteroatoms. The maximum absolute atomic E-state index is 10.8. The van der Waals surface area contributed by atoms with Crippen LogP contribution in [0.4, 0.5) is 0 Å². The Labute approximate surface area is 135 Å². The van der Waals surface area contributed by atoms with Gasteiger partial charge in [-0.3, -0.25) is 0 Å². The predicted octanol–water partition coefficient (Wildman–Crippen LogP) is 3.38. The lowest BCUT2D eigenvalue weighted by Crippen LogP contribution is -2.06. The summed E-state index contributed by atoms with van der Waals surface area (Å²) in [7, 11) is 0. The lowest BCUT2D eigenvalue weighted by molar-refractivity contribution is 0.0699. The summed E-state index contributed by atoms with van der Waals surface area (Å²) in [4.78, 5) is 10.8. The minimum atomic E-state index is -0.878. The van der Waals surface area contributed by atoms with Crippen molar-refractivity contribution in [2.45, 2.75) is 25.7 Å². The average molecular weight is 314 g/mol. The second-order valence-electron chi connectivity index (χ2n) is 5.56. The van der Waals surface area contributed by atoms with E-state index in [-0.39, 0.29) is 13.2 Å². The van der Waals surface area contributed by atoms with E-state index in [0.29, 0.717) is 5.56 Å². The molecule has 0 amide bonds. The monoisotopic (exact) mass is 314 g/mol. The van der Waals surface area contributed by atoms with E-state index in [9.17, 15) is 4.79 Å². The minimum Gasteiger partial charge on any atom is -0.478 e. The van der Waals surface area contributed by atoms with Gasteiger partial charge in [0.2, 0.25) is 0 Å². The van der Waals surface area contributed by atoms with Crippen LogP contribution in [0.5, 0.6) is 0 Å². The van der Waals surface area contributed by atoms with Crippen molar-refractivity contribution in [3.63, 3.8) is 0 Å². The van der Waals surface area contributed by atoms with Gasteiger partial charge in [-0.25, -0.2) is 4.79 Å². The molecule has 0 spiro atoms. The van der Waals surface area contributed by atoms with E-state index in [0.717, 1.165) is 34.8 Å². The smallest absolute Gasteiger partial charge is 0.336 e. The van der Waals surface area contributed by atoms with Crippen molar-refractivity contribution >= 4 is 16.7 Å². The molecule has 122 valence electrons. The van der Waals surface area contributed by atoms with E-state index in [1.807, 2.05) is 30.3 Å². The zero-order valence-corrected chi connectivity index (χ0v) is 13.0. The Bertz CT molecular complexity index is 682. The Hall–Kier alpha value is -2.17. The number of rotatable bonds is 3. The molecule has 0 saturated carbocycles. The number of carbonyl (C=O) groups is 1. The van der Waals surface area contributed by atoms with E-state index in [1.165, 1.54) is 12.8 Å². The van der Waals surface area contributed by atoms with Gasteiger partial charge in [-0.1, -0.05) is 36.4 Å². The maximum Gasteiger partial charge on any atom is 0.336 e. The summed E-state index contributed by atoms with van der Waals surface area (Å²) in [6.07, 6.45) is 4.29. The molecule has 1 aliphatic carbocycles. The Kier molecular flexibility index (Phi) is 6.32. The van der Waals surface area contributed by atoms with Gasteiger partial charge in [0, 0.05) is 0 Å². The van der Waals surface area contributed by atoms with Crippen LogP contribution in [0.1, 0.15) is 36.0 Å². The van der Waals surface area contributed by atoms with E-state index in [4.69, 9.17) is 15.3 Å². The summed E-state index contributed by atoms with van der Waals surface area (Å²) in [5.74, 6) is -0.878. The highest BCUT2D eigenvalue weighted by Gasteiger charge is 2.10. The molecule has 0 unspecified atom stereocenters. The van der Waals surface area contributed by atoms with Gasteiger partial charge in [-0.15, -0.1) is 0 Å². The van der Waals surface area contributed by atoms with Crippen LogP contribution in [-0.4, -0.2) is 34.5 Å². The van der Waals surface area contributed by atoms with Crippen molar-refractivity contribution < 1.29 is 20.1 Å². The third-order valence-electron chi connectivity index (χ3n) is 4.11. The van der Waals surface area contributed by atoms with Gasteiger partial charge in [-0.2, -0.15) is 0 Å². The van der Waals surface area contributed by atoms with Crippen molar-refractivity contribution in [3.05, 3.63) is 59.2 Å². The van der Waals surface area contributed by atoms with Crippen molar-refractivity contribution in [3.8, 4) is 0 Å². The highest BCUT2D eigenvalue weighted by atomic mass is 16.4. The molecular formula is C19H22O4. The molecule has 3 rings (SSSR count). The number of carboxylic acids is 1. The average Bonchev–Trinajstić information content (AvgIpc) is 2.61. The molecule has 1 aliphatic rings. The van der Waals surface area contributed by atoms with E-state index in [1.54, 1.807) is 12.1 Å². The van der Waals surface area contributed by atoms with Gasteiger partial charge in [-0.05, 0) is 53.7 Å². The van der Waals surface area contributed by atoms with Crippen LogP contribution >= 0.6 is 0 Å². The third kappa shape index (κ3) is 4.41. The van der Waals surface area contributed by atoms with Gasteiger partial charge in [0.15, 0.2) is 0 Å². The first-order chi connectivity index (χ1) is 11.2. The van der Waals surface area contributed by atoms with Crippen molar-refractivity contribution in [1.82, 2.24) is 0 Å². The Morgan fingerprint density at radius 2 is 1.43 bits per heavy atom. The molecule has 0 atom stereocenters. The summed E-state index contributed by atoms with van der Waals surface area (Å²) in [6.45, 7) is 0.270. The largest absolute Gasteiger partial charge is 0.478 e. The Morgan fingerprint density at radius 3 is 2.00 bits per heavy atom. The van der Waals surface area contributed by atoms with Gasteiger partial charge in [0.1, 0.15) is 0 Å². The molecule has 0 bridgehead atoms. The number of aromatic carboxylic acids is 1. The second-order valence-corrected chi connectivity index (χ2v) is 5.56. The number of hydrogen-bond acceptors (Lipinski definition) is 3. The zero-order chi connectivity index (χ0) is 16.7. The van der Waals surface area contributed by atoms with Gasteiger partial charge < -0.3 is 15.3 Å². The van der Waals surface area contributed by atoms with Crippen LogP contribution in [0, 0.1) is 0 Å².